The summed E-state index contributed by atoms with van der Waals surface area (Å²) in [5, 5.41) is 15.8. The summed E-state index contributed by atoms with van der Waals surface area (Å²) in [4.78, 5) is 12.0. The van der Waals surface area contributed by atoms with Crippen LogP contribution in [0.4, 0.5) is 10.1 Å². The molecular formula is C17H17FN6O3S2. The normalized spacial score (nSPS) is 11.4. The number of aromatic nitrogens is 3. The van der Waals surface area contributed by atoms with Crippen molar-refractivity contribution < 1.29 is 17.6 Å². The van der Waals surface area contributed by atoms with E-state index in [1.807, 2.05) is 0 Å². The van der Waals surface area contributed by atoms with Crippen LogP contribution in [0.25, 0.3) is 0 Å². The van der Waals surface area contributed by atoms with Gasteiger partial charge < -0.3 is 11.2 Å². The first-order valence-corrected chi connectivity index (χ1v) is 10.8. The number of rotatable bonds is 7. The van der Waals surface area contributed by atoms with Crippen LogP contribution in [0.2, 0.25) is 0 Å². The van der Waals surface area contributed by atoms with Crippen LogP contribution in [0.15, 0.2) is 58.6 Å². The number of nitrogens with two attached hydrogens (primary N) is 2. The average molecular weight is 436 g/mol. The van der Waals surface area contributed by atoms with Gasteiger partial charge in [-0.1, -0.05) is 36.0 Å². The number of hydrogen-bond acceptors (Lipinski definition) is 7. The van der Waals surface area contributed by atoms with Crippen molar-refractivity contribution >= 4 is 33.4 Å². The highest BCUT2D eigenvalue weighted by molar-refractivity contribution is 7.99. The van der Waals surface area contributed by atoms with E-state index in [0.717, 1.165) is 11.8 Å². The van der Waals surface area contributed by atoms with Gasteiger partial charge in [-0.2, -0.15) is 0 Å². The summed E-state index contributed by atoms with van der Waals surface area (Å²) < 4.78 is 37.7. The third-order valence-corrected chi connectivity index (χ3v) is 5.67. The summed E-state index contributed by atoms with van der Waals surface area (Å²) in [6, 6.07) is 11.9. The molecule has 5 N–H and O–H groups in total. The summed E-state index contributed by atoms with van der Waals surface area (Å²) in [6.07, 6.45) is 0.156. The van der Waals surface area contributed by atoms with Gasteiger partial charge in [-0.15, -0.1) is 10.2 Å². The van der Waals surface area contributed by atoms with Gasteiger partial charge in [0.15, 0.2) is 5.82 Å². The number of benzene rings is 2. The second-order valence-electron chi connectivity index (χ2n) is 5.95. The molecule has 0 bridgehead atoms. The van der Waals surface area contributed by atoms with Crippen molar-refractivity contribution in [2.24, 2.45) is 5.14 Å². The highest BCUT2D eigenvalue weighted by Crippen LogP contribution is 2.19. The maximum absolute atomic E-state index is 13.8. The molecule has 0 fully saturated rings. The van der Waals surface area contributed by atoms with Crippen molar-refractivity contribution in [2.45, 2.75) is 16.5 Å². The van der Waals surface area contributed by atoms with E-state index in [1.165, 1.54) is 35.0 Å². The molecule has 1 aromatic heterocycles. The van der Waals surface area contributed by atoms with Crippen molar-refractivity contribution in [3.63, 3.8) is 0 Å². The van der Waals surface area contributed by atoms with E-state index < -0.39 is 15.9 Å². The van der Waals surface area contributed by atoms with Gasteiger partial charge in [0, 0.05) is 12.1 Å². The second-order valence-corrected chi connectivity index (χ2v) is 8.45. The van der Waals surface area contributed by atoms with E-state index >= 15 is 0 Å². The number of sulfonamides is 1. The van der Waals surface area contributed by atoms with Crippen molar-refractivity contribution in [2.75, 3.05) is 16.9 Å². The number of carbonyl (C=O) groups is 1. The standard InChI is InChI=1S/C17H17FN6O3S2/c18-14-7-2-1-4-11(14)8-15-22-23-17(24(15)19)28-10-16(25)21-12-5-3-6-13(9-12)29(20,26)27/h1-7,9H,8,10,19H2,(H,21,25)(H2,20,26,27). The fourth-order valence-corrected chi connectivity index (χ4v) is 3.65. The summed E-state index contributed by atoms with van der Waals surface area (Å²) in [7, 11) is -3.87. The van der Waals surface area contributed by atoms with Crippen molar-refractivity contribution in [1.82, 2.24) is 14.9 Å². The minimum absolute atomic E-state index is 0.0470. The van der Waals surface area contributed by atoms with E-state index in [4.69, 9.17) is 11.0 Å². The van der Waals surface area contributed by atoms with Crippen LogP contribution in [0.3, 0.4) is 0 Å². The lowest BCUT2D eigenvalue weighted by Gasteiger charge is -2.07. The van der Waals surface area contributed by atoms with Gasteiger partial charge >= 0.3 is 0 Å². The zero-order valence-electron chi connectivity index (χ0n) is 14.9. The lowest BCUT2D eigenvalue weighted by molar-refractivity contribution is -0.113. The molecule has 29 heavy (non-hydrogen) atoms. The lowest BCUT2D eigenvalue weighted by atomic mass is 10.1. The fourth-order valence-electron chi connectivity index (χ4n) is 2.42. The molecule has 9 nitrogen and oxygen atoms in total. The maximum Gasteiger partial charge on any atom is 0.238 e. The van der Waals surface area contributed by atoms with E-state index in [9.17, 15) is 17.6 Å². The molecule has 3 rings (SSSR count). The number of anilines is 1. The Hall–Kier alpha value is -2.96. The minimum atomic E-state index is -3.87. The molecule has 0 spiro atoms. The van der Waals surface area contributed by atoms with Crippen molar-refractivity contribution in [3.05, 3.63) is 65.7 Å². The summed E-state index contributed by atoms with van der Waals surface area (Å²) in [5.74, 6) is 5.47. The Morgan fingerprint density at radius 2 is 1.93 bits per heavy atom. The molecule has 0 aliphatic rings. The van der Waals surface area contributed by atoms with Crippen molar-refractivity contribution in [3.8, 4) is 0 Å². The first-order valence-electron chi connectivity index (χ1n) is 8.22. The van der Waals surface area contributed by atoms with E-state index in [2.05, 4.69) is 15.5 Å². The number of carbonyl (C=O) groups excluding carboxylic acids is 1. The van der Waals surface area contributed by atoms with Crippen LogP contribution in [-0.4, -0.2) is 35.0 Å². The second kappa shape index (κ2) is 8.59. The Labute approximate surface area is 170 Å². The van der Waals surface area contributed by atoms with Gasteiger partial charge in [0.1, 0.15) is 5.82 Å². The number of nitrogens with zero attached hydrogens (tertiary/aromatic N) is 3. The smallest absolute Gasteiger partial charge is 0.238 e. The number of nitrogens with one attached hydrogen (secondary N) is 1. The van der Waals surface area contributed by atoms with Gasteiger partial charge in [-0.3, -0.25) is 4.79 Å². The number of nitrogen functional groups attached to an aromatic ring is 1. The average Bonchev–Trinajstić information content (AvgIpc) is 3.01. The summed E-state index contributed by atoms with van der Waals surface area (Å²) >= 11 is 1.04. The fraction of sp³-hybridized carbons (Fsp3) is 0.118. The summed E-state index contributed by atoms with van der Waals surface area (Å²) in [6.45, 7) is 0. The number of halogens is 1. The van der Waals surface area contributed by atoms with Crippen LogP contribution in [-0.2, 0) is 21.2 Å². The molecule has 0 aliphatic carbocycles. The van der Waals surface area contributed by atoms with Gasteiger partial charge in [0.25, 0.3) is 0 Å². The third-order valence-electron chi connectivity index (χ3n) is 3.82. The zero-order chi connectivity index (χ0) is 21.0. The number of hydrogen-bond donors (Lipinski definition) is 3. The third kappa shape index (κ3) is 5.31. The van der Waals surface area contributed by atoms with Crippen LogP contribution in [0.1, 0.15) is 11.4 Å². The molecule has 1 heterocycles. The molecule has 0 atom stereocenters. The molecule has 0 radical (unpaired) electrons. The van der Waals surface area contributed by atoms with Crippen LogP contribution in [0, 0.1) is 5.82 Å². The highest BCUT2D eigenvalue weighted by Gasteiger charge is 2.15. The Balaban J connectivity index is 1.61. The Morgan fingerprint density at radius 3 is 2.66 bits per heavy atom. The predicted octanol–water partition coefficient (Wildman–Crippen LogP) is 1.10. The number of thioether (sulfide) groups is 1. The first kappa shape index (κ1) is 20.8. The molecule has 12 heteroatoms. The molecule has 0 saturated heterocycles. The molecule has 2 aromatic carbocycles. The van der Waals surface area contributed by atoms with Gasteiger partial charge in [0.05, 0.1) is 10.6 Å². The lowest BCUT2D eigenvalue weighted by Crippen LogP contribution is -2.18. The molecule has 0 saturated carbocycles. The Kier molecular flexibility index (Phi) is 6.15. The zero-order valence-corrected chi connectivity index (χ0v) is 16.6. The van der Waals surface area contributed by atoms with Gasteiger partial charge in [-0.05, 0) is 29.8 Å². The quantitative estimate of drug-likeness (QED) is 0.371. The Morgan fingerprint density at radius 1 is 1.17 bits per heavy atom. The first-order chi connectivity index (χ1) is 13.7. The minimum Gasteiger partial charge on any atom is -0.336 e. The molecule has 0 unspecified atom stereocenters. The van der Waals surface area contributed by atoms with E-state index in [0.29, 0.717) is 11.4 Å². The number of primary sulfonamides is 1. The number of amides is 1. The SMILES string of the molecule is Nn1c(Cc2ccccc2F)nnc1SCC(=O)Nc1cccc(S(N)(=O)=O)c1. The monoisotopic (exact) mass is 436 g/mol. The Bertz CT molecular complexity index is 1150. The predicted molar refractivity (Wildman–Crippen MR) is 107 cm³/mol. The van der Waals surface area contributed by atoms with Gasteiger partial charge in [-0.25, -0.2) is 22.6 Å². The van der Waals surface area contributed by atoms with E-state index in [-0.39, 0.29) is 33.7 Å². The van der Waals surface area contributed by atoms with Crippen LogP contribution < -0.4 is 16.3 Å². The summed E-state index contributed by atoms with van der Waals surface area (Å²) in [5.41, 5.74) is 0.715. The van der Waals surface area contributed by atoms with E-state index in [1.54, 1.807) is 18.2 Å². The van der Waals surface area contributed by atoms with Gasteiger partial charge in [0.2, 0.25) is 21.1 Å². The molecule has 152 valence electrons. The topological polar surface area (TPSA) is 146 Å². The van der Waals surface area contributed by atoms with Crippen LogP contribution >= 0.6 is 11.8 Å². The van der Waals surface area contributed by atoms with Crippen LogP contribution in [0.5, 0.6) is 0 Å². The highest BCUT2D eigenvalue weighted by atomic mass is 32.2. The largest absolute Gasteiger partial charge is 0.336 e. The molecule has 0 aliphatic heterocycles. The van der Waals surface area contributed by atoms with Crippen molar-refractivity contribution in [1.29, 1.82) is 0 Å². The molecule has 3 aromatic rings. The maximum atomic E-state index is 13.8. The molecular weight excluding hydrogens is 419 g/mol. The molecule has 1 amide bonds.